The van der Waals surface area contributed by atoms with E-state index in [0.29, 0.717) is 11.8 Å². The van der Waals surface area contributed by atoms with Crippen molar-refractivity contribution in [2.24, 2.45) is 23.7 Å². The lowest BCUT2D eigenvalue weighted by atomic mass is 9.49. The molecule has 0 saturated heterocycles. The summed E-state index contributed by atoms with van der Waals surface area (Å²) in [6, 6.07) is 69.1. The lowest BCUT2D eigenvalue weighted by molar-refractivity contribution is 0.0426. The normalized spacial score (nSPS) is 22.3. The van der Waals surface area contributed by atoms with Gasteiger partial charge in [0.2, 0.25) is 0 Å². The van der Waals surface area contributed by atoms with Crippen LogP contribution in [0.2, 0.25) is 0 Å². The number of anilines is 3. The number of hydrogen-bond acceptors (Lipinski definition) is 1. The molecule has 1 heterocycles. The molecule has 0 radical (unpaired) electrons. The number of nitrogens with zero attached hydrogens (tertiary/aromatic N) is 2. The summed E-state index contributed by atoms with van der Waals surface area (Å²) in [7, 11) is 0. The molecule has 13 rings (SSSR count). The Labute approximate surface area is 377 Å². The van der Waals surface area contributed by atoms with E-state index in [4.69, 9.17) is 0 Å². The third-order valence-corrected chi connectivity index (χ3v) is 16.5. The molecule has 312 valence electrons. The molecule has 5 atom stereocenters. The SMILES string of the molecule is C[C@H]1C[C@@H]2C[C@H](C1)C1(c3ccccc3-c3ccc(N(c4ccc(-c5ccc(-n6c7ccccc7c7ccccc76)cc5)cc4)c4ccc5c(c4)C(C)(C)c4ccccc4-5)cc31)[C@H](C)C2. The molecule has 1 spiro atoms. The number of rotatable bonds is 5. The molecular formula is C62H54N2. The summed E-state index contributed by atoms with van der Waals surface area (Å²) in [6.45, 7) is 9.89. The first kappa shape index (κ1) is 37.9. The Morgan fingerprint density at radius 3 is 1.64 bits per heavy atom. The van der Waals surface area contributed by atoms with Crippen LogP contribution in [0.4, 0.5) is 17.1 Å². The van der Waals surface area contributed by atoms with Gasteiger partial charge in [0.15, 0.2) is 0 Å². The highest BCUT2D eigenvalue weighted by Gasteiger charge is 2.56. The summed E-state index contributed by atoms with van der Waals surface area (Å²) in [5.74, 6) is 2.84. The van der Waals surface area contributed by atoms with Crippen molar-refractivity contribution >= 4 is 38.9 Å². The van der Waals surface area contributed by atoms with Gasteiger partial charge >= 0.3 is 0 Å². The molecule has 64 heavy (non-hydrogen) atoms. The molecule has 2 bridgehead atoms. The van der Waals surface area contributed by atoms with E-state index in [1.165, 1.54) is 115 Å². The molecule has 4 aliphatic carbocycles. The van der Waals surface area contributed by atoms with Crippen LogP contribution in [0.25, 0.3) is 60.9 Å². The van der Waals surface area contributed by atoms with Crippen LogP contribution in [-0.2, 0) is 10.8 Å². The smallest absolute Gasteiger partial charge is 0.0541 e. The monoisotopic (exact) mass is 826 g/mol. The van der Waals surface area contributed by atoms with E-state index in [-0.39, 0.29) is 10.8 Å². The van der Waals surface area contributed by atoms with E-state index in [0.717, 1.165) is 11.8 Å². The van der Waals surface area contributed by atoms with Gasteiger partial charge in [-0.05, 0) is 166 Å². The van der Waals surface area contributed by atoms with Crippen LogP contribution in [0.5, 0.6) is 0 Å². The van der Waals surface area contributed by atoms with Crippen LogP contribution in [0.15, 0.2) is 182 Å². The van der Waals surface area contributed by atoms with Crippen molar-refractivity contribution in [3.05, 3.63) is 204 Å². The predicted molar refractivity (Wildman–Crippen MR) is 268 cm³/mol. The Morgan fingerprint density at radius 1 is 0.453 bits per heavy atom. The third-order valence-electron chi connectivity index (χ3n) is 16.5. The van der Waals surface area contributed by atoms with Crippen molar-refractivity contribution in [1.29, 1.82) is 0 Å². The van der Waals surface area contributed by atoms with Gasteiger partial charge in [0.25, 0.3) is 0 Å². The van der Waals surface area contributed by atoms with Gasteiger partial charge in [0.1, 0.15) is 0 Å². The van der Waals surface area contributed by atoms with Gasteiger partial charge < -0.3 is 9.47 Å². The van der Waals surface area contributed by atoms with Crippen LogP contribution < -0.4 is 4.90 Å². The number of aromatic nitrogens is 1. The fraction of sp³-hybridized carbons (Fsp3) is 0.226. The van der Waals surface area contributed by atoms with Crippen molar-refractivity contribution in [2.45, 2.75) is 64.2 Å². The Hall–Kier alpha value is -6.64. The minimum Gasteiger partial charge on any atom is -0.310 e. The minimum absolute atomic E-state index is 0.0234. The summed E-state index contributed by atoms with van der Waals surface area (Å²) in [4.78, 5) is 2.55. The first-order valence-electron chi connectivity index (χ1n) is 23.8. The molecule has 1 unspecified atom stereocenters. The highest BCUT2D eigenvalue weighted by atomic mass is 15.1. The average molecular weight is 827 g/mol. The van der Waals surface area contributed by atoms with E-state index in [9.17, 15) is 0 Å². The second-order valence-electron chi connectivity index (χ2n) is 20.4. The largest absolute Gasteiger partial charge is 0.310 e. The van der Waals surface area contributed by atoms with Gasteiger partial charge in [0, 0.05) is 44.4 Å². The summed E-state index contributed by atoms with van der Waals surface area (Å²) < 4.78 is 2.40. The highest BCUT2D eigenvalue weighted by molar-refractivity contribution is 6.09. The predicted octanol–water partition coefficient (Wildman–Crippen LogP) is 16.6. The van der Waals surface area contributed by atoms with Crippen molar-refractivity contribution < 1.29 is 0 Å². The molecule has 8 aromatic carbocycles. The average Bonchev–Trinajstić information content (AvgIpc) is 3.90. The maximum absolute atomic E-state index is 2.62. The van der Waals surface area contributed by atoms with E-state index in [1.54, 1.807) is 11.1 Å². The van der Waals surface area contributed by atoms with Crippen LogP contribution >= 0.6 is 0 Å². The number of fused-ring (bicyclic) bond motifs is 14. The van der Waals surface area contributed by atoms with E-state index in [2.05, 4.69) is 219 Å². The molecule has 2 fully saturated rings. The standard InChI is InChI=1S/C62H54N2/c1-39-33-41-35-40(2)62(44(34-39)36-41)56-18-10-6-14-50(56)52-32-30-48(38-58(52)62)63(47-29-31-51-49-13-5-9-17-55(49)61(3,4)57(51)37-47)45-25-21-42(22-26-45)43-23-27-46(28-24-43)64-59-19-11-7-15-53(59)54-16-8-12-20-60(54)64/h5-32,37-41,44H,33-36H2,1-4H3/t39-,40+,41-,44-,62?/m0/s1. The van der Waals surface area contributed by atoms with Crippen molar-refractivity contribution in [3.8, 4) is 39.1 Å². The Bertz CT molecular complexity index is 3250. The van der Waals surface area contributed by atoms with Gasteiger partial charge in [-0.25, -0.2) is 0 Å². The molecule has 4 aliphatic rings. The second kappa shape index (κ2) is 13.9. The summed E-state index contributed by atoms with van der Waals surface area (Å²) in [5, 5.41) is 2.57. The Morgan fingerprint density at radius 2 is 0.969 bits per heavy atom. The number of hydrogen-bond donors (Lipinski definition) is 0. The Balaban J connectivity index is 0.935. The topological polar surface area (TPSA) is 8.17 Å². The zero-order chi connectivity index (χ0) is 42.9. The molecule has 9 aromatic rings. The van der Waals surface area contributed by atoms with Gasteiger partial charge in [-0.3, -0.25) is 0 Å². The fourth-order valence-corrected chi connectivity index (χ4v) is 13.9. The van der Waals surface area contributed by atoms with Gasteiger partial charge in [-0.1, -0.05) is 149 Å². The highest BCUT2D eigenvalue weighted by Crippen LogP contribution is 2.65. The maximum atomic E-state index is 2.62. The molecular weight excluding hydrogens is 773 g/mol. The molecule has 2 heteroatoms. The zero-order valence-electron chi connectivity index (χ0n) is 37.4. The minimum atomic E-state index is -0.0990. The van der Waals surface area contributed by atoms with Crippen LogP contribution in [-0.4, -0.2) is 4.57 Å². The summed E-state index contributed by atoms with van der Waals surface area (Å²) >= 11 is 0. The van der Waals surface area contributed by atoms with Crippen molar-refractivity contribution in [3.63, 3.8) is 0 Å². The lowest BCUT2D eigenvalue weighted by Gasteiger charge is -2.54. The fourth-order valence-electron chi connectivity index (χ4n) is 13.9. The van der Waals surface area contributed by atoms with Crippen molar-refractivity contribution in [1.82, 2.24) is 4.57 Å². The number of benzene rings is 8. The molecule has 1 aromatic heterocycles. The summed E-state index contributed by atoms with van der Waals surface area (Å²) in [5.41, 5.74) is 21.1. The lowest BCUT2D eigenvalue weighted by Crippen LogP contribution is -2.49. The molecule has 2 nitrogen and oxygen atoms in total. The quantitative estimate of drug-likeness (QED) is 0.168. The zero-order valence-corrected chi connectivity index (χ0v) is 37.4. The number of para-hydroxylation sites is 2. The molecule has 0 amide bonds. The van der Waals surface area contributed by atoms with Gasteiger partial charge in [-0.15, -0.1) is 0 Å². The van der Waals surface area contributed by atoms with E-state index in [1.807, 2.05) is 0 Å². The van der Waals surface area contributed by atoms with Gasteiger partial charge in [-0.2, -0.15) is 0 Å². The van der Waals surface area contributed by atoms with Crippen LogP contribution in [0.3, 0.4) is 0 Å². The van der Waals surface area contributed by atoms with E-state index >= 15 is 0 Å². The first-order valence-corrected chi connectivity index (χ1v) is 23.8. The molecule has 0 aliphatic heterocycles. The van der Waals surface area contributed by atoms with Gasteiger partial charge in [0.05, 0.1) is 11.0 Å². The van der Waals surface area contributed by atoms with E-state index < -0.39 is 0 Å². The van der Waals surface area contributed by atoms with Crippen LogP contribution in [0, 0.1) is 23.7 Å². The molecule has 0 N–H and O–H groups in total. The Kier molecular flexibility index (Phi) is 8.24. The maximum Gasteiger partial charge on any atom is 0.0541 e. The van der Waals surface area contributed by atoms with Crippen molar-refractivity contribution in [2.75, 3.05) is 4.90 Å². The third kappa shape index (κ3) is 5.32. The first-order chi connectivity index (χ1) is 31.3. The second-order valence-corrected chi connectivity index (χ2v) is 20.4. The molecule has 2 saturated carbocycles. The van der Waals surface area contributed by atoms with Crippen LogP contribution in [0.1, 0.15) is 75.6 Å². The summed E-state index contributed by atoms with van der Waals surface area (Å²) in [6.07, 6.45) is 5.35.